The summed E-state index contributed by atoms with van der Waals surface area (Å²) in [6, 6.07) is 7.57. The molecule has 0 saturated carbocycles. The van der Waals surface area contributed by atoms with Crippen molar-refractivity contribution in [3.63, 3.8) is 0 Å². The summed E-state index contributed by atoms with van der Waals surface area (Å²) in [5, 5.41) is 5.81. The Morgan fingerprint density at radius 2 is 2.18 bits per heavy atom. The molecule has 0 amide bonds. The summed E-state index contributed by atoms with van der Waals surface area (Å²) in [7, 11) is 0. The van der Waals surface area contributed by atoms with Gasteiger partial charge in [-0.2, -0.15) is 0 Å². The lowest BCUT2D eigenvalue weighted by Gasteiger charge is -2.25. The van der Waals surface area contributed by atoms with Crippen molar-refractivity contribution in [2.45, 2.75) is 0 Å². The standard InChI is InChI=1S/C13H12ClN2O/c14-11-3-4-12(17-8-9-6-15-7-9)13-10(11)2-1-5-16-13/h1-5,9H,6-8H2. The Labute approximate surface area is 105 Å². The fraction of sp³-hybridized carbons (Fsp3) is 0.308. The maximum absolute atomic E-state index is 6.12. The van der Waals surface area contributed by atoms with E-state index < -0.39 is 0 Å². The first-order valence-electron chi connectivity index (χ1n) is 5.64. The largest absolute Gasteiger partial charge is 0.491 e. The van der Waals surface area contributed by atoms with Crippen LogP contribution in [0.2, 0.25) is 5.02 Å². The molecular weight excluding hydrogens is 236 g/mol. The molecule has 1 aromatic carbocycles. The normalized spacial score (nSPS) is 15.8. The molecular formula is C13H12ClN2O. The summed E-state index contributed by atoms with van der Waals surface area (Å²) >= 11 is 6.12. The van der Waals surface area contributed by atoms with Gasteiger partial charge in [0.15, 0.2) is 0 Å². The Morgan fingerprint density at radius 1 is 1.29 bits per heavy atom. The fourth-order valence-corrected chi connectivity index (χ4v) is 2.07. The van der Waals surface area contributed by atoms with Crippen LogP contribution in [0.15, 0.2) is 30.5 Å². The van der Waals surface area contributed by atoms with E-state index in [0.717, 1.165) is 29.7 Å². The highest BCUT2D eigenvalue weighted by Crippen LogP contribution is 2.29. The van der Waals surface area contributed by atoms with Crippen LogP contribution in [0.4, 0.5) is 0 Å². The van der Waals surface area contributed by atoms with Crippen molar-refractivity contribution in [1.82, 2.24) is 10.3 Å². The number of halogens is 1. The van der Waals surface area contributed by atoms with Gasteiger partial charge in [-0.3, -0.25) is 4.98 Å². The van der Waals surface area contributed by atoms with E-state index in [1.54, 1.807) is 6.20 Å². The van der Waals surface area contributed by atoms with Crippen LogP contribution in [0.1, 0.15) is 0 Å². The van der Waals surface area contributed by atoms with Crippen LogP contribution in [-0.2, 0) is 0 Å². The first kappa shape index (κ1) is 10.8. The third-order valence-corrected chi connectivity index (χ3v) is 3.26. The quantitative estimate of drug-likeness (QED) is 0.836. The minimum absolute atomic E-state index is 0.560. The number of rotatable bonds is 3. The minimum Gasteiger partial charge on any atom is -0.491 e. The van der Waals surface area contributed by atoms with Gasteiger partial charge in [-0.1, -0.05) is 11.6 Å². The van der Waals surface area contributed by atoms with E-state index in [1.807, 2.05) is 24.3 Å². The van der Waals surface area contributed by atoms with Crippen molar-refractivity contribution >= 4 is 22.5 Å². The van der Waals surface area contributed by atoms with Gasteiger partial charge in [0.25, 0.3) is 0 Å². The van der Waals surface area contributed by atoms with E-state index >= 15 is 0 Å². The number of aromatic nitrogens is 1. The van der Waals surface area contributed by atoms with Gasteiger partial charge in [0.2, 0.25) is 0 Å². The predicted octanol–water partition coefficient (Wildman–Crippen LogP) is 2.50. The lowest BCUT2D eigenvalue weighted by atomic mass is 10.1. The fourth-order valence-electron chi connectivity index (χ4n) is 1.85. The second-order valence-corrected chi connectivity index (χ2v) is 4.62. The van der Waals surface area contributed by atoms with Crippen molar-refractivity contribution in [2.75, 3.05) is 19.7 Å². The van der Waals surface area contributed by atoms with Gasteiger partial charge in [-0.25, -0.2) is 5.32 Å². The molecule has 4 heteroatoms. The van der Waals surface area contributed by atoms with E-state index in [0.29, 0.717) is 17.5 Å². The summed E-state index contributed by atoms with van der Waals surface area (Å²) in [4.78, 5) is 4.33. The number of hydrogen-bond acceptors (Lipinski definition) is 2. The Bertz CT molecular complexity index is 540. The van der Waals surface area contributed by atoms with E-state index in [1.165, 1.54) is 0 Å². The molecule has 0 spiro atoms. The summed E-state index contributed by atoms with van der Waals surface area (Å²) < 4.78 is 5.80. The molecule has 1 saturated heterocycles. The van der Waals surface area contributed by atoms with E-state index in [-0.39, 0.29) is 0 Å². The zero-order chi connectivity index (χ0) is 11.7. The molecule has 87 valence electrons. The molecule has 1 radical (unpaired) electrons. The van der Waals surface area contributed by atoms with E-state index in [2.05, 4.69) is 10.3 Å². The van der Waals surface area contributed by atoms with Crippen molar-refractivity contribution in [2.24, 2.45) is 5.92 Å². The van der Waals surface area contributed by atoms with Crippen LogP contribution >= 0.6 is 11.6 Å². The Balaban J connectivity index is 1.90. The molecule has 2 aromatic rings. The van der Waals surface area contributed by atoms with Crippen molar-refractivity contribution in [3.8, 4) is 5.75 Å². The Kier molecular flexibility index (Phi) is 2.87. The van der Waals surface area contributed by atoms with Gasteiger partial charge in [0.1, 0.15) is 11.3 Å². The maximum Gasteiger partial charge on any atom is 0.145 e. The molecule has 0 atom stereocenters. The van der Waals surface area contributed by atoms with Gasteiger partial charge < -0.3 is 4.74 Å². The molecule has 1 fully saturated rings. The Hall–Kier alpha value is -1.32. The van der Waals surface area contributed by atoms with Crippen LogP contribution < -0.4 is 10.1 Å². The van der Waals surface area contributed by atoms with Gasteiger partial charge in [0, 0.05) is 30.6 Å². The minimum atomic E-state index is 0.560. The van der Waals surface area contributed by atoms with Crippen LogP contribution in [0.5, 0.6) is 5.75 Å². The smallest absolute Gasteiger partial charge is 0.145 e. The number of pyridine rings is 1. The second-order valence-electron chi connectivity index (χ2n) is 4.21. The topological polar surface area (TPSA) is 36.2 Å². The number of hydrogen-bond donors (Lipinski definition) is 0. The number of nitrogens with zero attached hydrogens (tertiary/aromatic N) is 2. The average molecular weight is 248 g/mol. The van der Waals surface area contributed by atoms with Crippen molar-refractivity contribution in [3.05, 3.63) is 35.5 Å². The molecule has 2 heterocycles. The monoisotopic (exact) mass is 247 g/mol. The number of fused-ring (bicyclic) bond motifs is 1. The van der Waals surface area contributed by atoms with Crippen LogP contribution in [-0.4, -0.2) is 24.7 Å². The first-order chi connectivity index (χ1) is 8.34. The molecule has 3 nitrogen and oxygen atoms in total. The van der Waals surface area contributed by atoms with Crippen molar-refractivity contribution < 1.29 is 4.74 Å². The lowest BCUT2D eigenvalue weighted by molar-refractivity contribution is 0.197. The molecule has 0 unspecified atom stereocenters. The predicted molar refractivity (Wildman–Crippen MR) is 67.6 cm³/mol. The third kappa shape index (κ3) is 2.08. The zero-order valence-corrected chi connectivity index (χ0v) is 10.0. The molecule has 1 aromatic heterocycles. The molecule has 1 aliphatic heterocycles. The molecule has 1 aliphatic rings. The summed E-state index contributed by atoms with van der Waals surface area (Å²) in [6.45, 7) is 2.54. The van der Waals surface area contributed by atoms with Gasteiger partial charge in [-0.05, 0) is 24.3 Å². The first-order valence-corrected chi connectivity index (χ1v) is 6.01. The second kappa shape index (κ2) is 4.51. The summed E-state index contributed by atoms with van der Waals surface area (Å²) in [5.41, 5.74) is 0.830. The lowest BCUT2D eigenvalue weighted by Crippen LogP contribution is -2.39. The number of benzene rings is 1. The van der Waals surface area contributed by atoms with Gasteiger partial charge in [-0.15, -0.1) is 0 Å². The van der Waals surface area contributed by atoms with Crippen LogP contribution in [0.3, 0.4) is 0 Å². The zero-order valence-electron chi connectivity index (χ0n) is 9.27. The SMILES string of the molecule is Clc1ccc(OCC2C[N]C2)c2ncccc12. The highest BCUT2D eigenvalue weighted by molar-refractivity contribution is 6.35. The van der Waals surface area contributed by atoms with E-state index in [4.69, 9.17) is 16.3 Å². The van der Waals surface area contributed by atoms with Crippen molar-refractivity contribution in [1.29, 1.82) is 0 Å². The van der Waals surface area contributed by atoms with Crippen LogP contribution in [0.25, 0.3) is 10.9 Å². The number of ether oxygens (including phenoxy) is 1. The highest BCUT2D eigenvalue weighted by atomic mass is 35.5. The maximum atomic E-state index is 6.12. The molecule has 0 aliphatic carbocycles. The highest BCUT2D eigenvalue weighted by Gasteiger charge is 2.19. The van der Waals surface area contributed by atoms with Crippen LogP contribution in [0, 0.1) is 5.92 Å². The van der Waals surface area contributed by atoms with Gasteiger partial charge >= 0.3 is 0 Å². The summed E-state index contributed by atoms with van der Waals surface area (Å²) in [6.07, 6.45) is 1.75. The average Bonchev–Trinajstić information content (AvgIpc) is 2.30. The van der Waals surface area contributed by atoms with Gasteiger partial charge in [0.05, 0.1) is 11.6 Å². The molecule has 17 heavy (non-hydrogen) atoms. The Morgan fingerprint density at radius 3 is 2.94 bits per heavy atom. The molecule has 3 rings (SSSR count). The summed E-state index contributed by atoms with van der Waals surface area (Å²) in [5.74, 6) is 1.36. The molecule has 0 bridgehead atoms. The molecule has 0 N–H and O–H groups in total. The van der Waals surface area contributed by atoms with E-state index in [9.17, 15) is 0 Å². The third-order valence-electron chi connectivity index (χ3n) is 2.93.